The number of nitrogens with zero attached hydrogens (tertiary/aromatic N) is 1. The number of hydrogen-bond donors (Lipinski definition) is 1. The molecule has 0 aromatic heterocycles. The molecule has 2 aromatic carbocycles. The van der Waals surface area contributed by atoms with Crippen LogP contribution in [0.3, 0.4) is 0 Å². The predicted octanol–water partition coefficient (Wildman–Crippen LogP) is 3.36. The average molecular weight is 282 g/mol. The molecule has 0 spiro atoms. The van der Waals surface area contributed by atoms with Crippen LogP contribution in [-0.4, -0.2) is 38.6 Å². The highest BCUT2D eigenvalue weighted by molar-refractivity contribution is 5.32. The molecular formula is C19H26N2. The van der Waals surface area contributed by atoms with E-state index in [2.05, 4.69) is 77.9 Å². The Morgan fingerprint density at radius 3 is 1.90 bits per heavy atom. The van der Waals surface area contributed by atoms with Gasteiger partial charge in [0.25, 0.3) is 0 Å². The first-order valence-electron chi connectivity index (χ1n) is 7.74. The lowest BCUT2D eigenvalue weighted by molar-refractivity contribution is 0.318. The number of nitrogens with one attached hydrogen (secondary N) is 1. The maximum absolute atomic E-state index is 3.21. The minimum absolute atomic E-state index is 0.437. The molecule has 0 radical (unpaired) electrons. The summed E-state index contributed by atoms with van der Waals surface area (Å²) in [6.45, 7) is 3.25. The van der Waals surface area contributed by atoms with Crippen LogP contribution in [0.1, 0.15) is 23.5 Å². The summed E-state index contributed by atoms with van der Waals surface area (Å²) in [5.41, 5.74) is 2.79. The average Bonchev–Trinajstić information content (AvgIpc) is 2.54. The Hall–Kier alpha value is -1.64. The van der Waals surface area contributed by atoms with Gasteiger partial charge in [0, 0.05) is 12.5 Å². The van der Waals surface area contributed by atoms with Gasteiger partial charge in [-0.15, -0.1) is 0 Å². The molecule has 2 aromatic rings. The SMILES string of the molecule is CNCCCN(C)CC(c1ccccc1)c1ccccc1. The fourth-order valence-electron chi connectivity index (χ4n) is 2.70. The number of hydrogen-bond acceptors (Lipinski definition) is 2. The maximum atomic E-state index is 3.21. The second-order valence-electron chi connectivity index (χ2n) is 5.59. The summed E-state index contributed by atoms with van der Waals surface area (Å²) in [6.07, 6.45) is 1.18. The molecule has 112 valence electrons. The van der Waals surface area contributed by atoms with E-state index in [1.807, 2.05) is 7.05 Å². The molecule has 0 atom stereocenters. The van der Waals surface area contributed by atoms with Gasteiger partial charge in [-0.25, -0.2) is 0 Å². The molecule has 0 unspecified atom stereocenters. The molecule has 0 aliphatic carbocycles. The highest BCUT2D eigenvalue weighted by atomic mass is 15.1. The maximum Gasteiger partial charge on any atom is 0.0217 e. The second-order valence-corrected chi connectivity index (χ2v) is 5.59. The van der Waals surface area contributed by atoms with Crippen molar-refractivity contribution in [2.45, 2.75) is 12.3 Å². The summed E-state index contributed by atoms with van der Waals surface area (Å²) in [5.74, 6) is 0.437. The van der Waals surface area contributed by atoms with Gasteiger partial charge in [0.1, 0.15) is 0 Å². The van der Waals surface area contributed by atoms with Gasteiger partial charge in [0.15, 0.2) is 0 Å². The van der Waals surface area contributed by atoms with E-state index in [9.17, 15) is 0 Å². The Morgan fingerprint density at radius 1 is 0.905 bits per heavy atom. The van der Waals surface area contributed by atoms with Gasteiger partial charge >= 0.3 is 0 Å². The van der Waals surface area contributed by atoms with E-state index in [0.29, 0.717) is 5.92 Å². The Labute approximate surface area is 128 Å². The van der Waals surface area contributed by atoms with Gasteiger partial charge in [0.2, 0.25) is 0 Å². The topological polar surface area (TPSA) is 15.3 Å². The van der Waals surface area contributed by atoms with Crippen LogP contribution in [0.25, 0.3) is 0 Å². The van der Waals surface area contributed by atoms with Gasteiger partial charge < -0.3 is 10.2 Å². The van der Waals surface area contributed by atoms with Gasteiger partial charge in [-0.2, -0.15) is 0 Å². The molecule has 0 aliphatic heterocycles. The van der Waals surface area contributed by atoms with Crippen molar-refractivity contribution in [1.29, 1.82) is 0 Å². The van der Waals surface area contributed by atoms with Crippen molar-refractivity contribution < 1.29 is 0 Å². The molecule has 0 amide bonds. The third kappa shape index (κ3) is 5.00. The zero-order chi connectivity index (χ0) is 14.9. The van der Waals surface area contributed by atoms with E-state index in [0.717, 1.165) is 19.6 Å². The Kier molecular flexibility index (Phi) is 6.45. The van der Waals surface area contributed by atoms with Gasteiger partial charge in [-0.05, 0) is 44.7 Å². The van der Waals surface area contributed by atoms with Crippen LogP contribution >= 0.6 is 0 Å². The van der Waals surface area contributed by atoms with Gasteiger partial charge in [-0.1, -0.05) is 60.7 Å². The smallest absolute Gasteiger partial charge is 0.0217 e. The molecule has 0 saturated carbocycles. The molecule has 2 rings (SSSR count). The summed E-state index contributed by atoms with van der Waals surface area (Å²) < 4.78 is 0. The third-order valence-electron chi connectivity index (χ3n) is 3.86. The van der Waals surface area contributed by atoms with Crippen molar-refractivity contribution in [2.75, 3.05) is 33.7 Å². The Balaban J connectivity index is 2.10. The molecular weight excluding hydrogens is 256 g/mol. The van der Waals surface area contributed by atoms with Crippen molar-refractivity contribution >= 4 is 0 Å². The fraction of sp³-hybridized carbons (Fsp3) is 0.368. The molecule has 0 saturated heterocycles. The molecule has 0 heterocycles. The standard InChI is InChI=1S/C19H26N2/c1-20-14-9-15-21(2)16-19(17-10-5-3-6-11-17)18-12-7-4-8-13-18/h3-8,10-13,19-20H,9,14-16H2,1-2H3. The molecule has 0 aliphatic rings. The fourth-order valence-corrected chi connectivity index (χ4v) is 2.70. The van der Waals surface area contributed by atoms with Crippen molar-refractivity contribution in [2.24, 2.45) is 0 Å². The third-order valence-corrected chi connectivity index (χ3v) is 3.86. The monoisotopic (exact) mass is 282 g/mol. The van der Waals surface area contributed by atoms with Crippen molar-refractivity contribution in [3.63, 3.8) is 0 Å². The second kappa shape index (κ2) is 8.60. The van der Waals surface area contributed by atoms with E-state index in [-0.39, 0.29) is 0 Å². The molecule has 21 heavy (non-hydrogen) atoms. The van der Waals surface area contributed by atoms with Crippen molar-refractivity contribution in [3.05, 3.63) is 71.8 Å². The number of rotatable bonds is 8. The first-order chi connectivity index (χ1) is 10.3. The number of likely N-dealkylation sites (N-methyl/N-ethyl adjacent to an activating group) is 1. The minimum atomic E-state index is 0.437. The van der Waals surface area contributed by atoms with Gasteiger partial charge in [0.05, 0.1) is 0 Å². The van der Waals surface area contributed by atoms with Crippen LogP contribution in [0.4, 0.5) is 0 Å². The summed E-state index contributed by atoms with van der Waals surface area (Å²) in [4.78, 5) is 2.43. The normalized spacial score (nSPS) is 11.2. The van der Waals surface area contributed by atoms with Crippen LogP contribution in [0.2, 0.25) is 0 Å². The van der Waals surface area contributed by atoms with E-state index >= 15 is 0 Å². The summed E-state index contributed by atoms with van der Waals surface area (Å²) >= 11 is 0. The zero-order valence-electron chi connectivity index (χ0n) is 13.1. The molecule has 2 heteroatoms. The summed E-state index contributed by atoms with van der Waals surface area (Å²) in [6, 6.07) is 21.6. The largest absolute Gasteiger partial charge is 0.320 e. The molecule has 2 nitrogen and oxygen atoms in total. The van der Waals surface area contributed by atoms with Crippen LogP contribution in [0.15, 0.2) is 60.7 Å². The van der Waals surface area contributed by atoms with Crippen LogP contribution in [0.5, 0.6) is 0 Å². The van der Waals surface area contributed by atoms with E-state index in [1.54, 1.807) is 0 Å². The number of benzene rings is 2. The van der Waals surface area contributed by atoms with Crippen LogP contribution < -0.4 is 5.32 Å². The van der Waals surface area contributed by atoms with E-state index < -0.39 is 0 Å². The zero-order valence-corrected chi connectivity index (χ0v) is 13.1. The van der Waals surface area contributed by atoms with E-state index in [4.69, 9.17) is 0 Å². The predicted molar refractivity (Wildman–Crippen MR) is 90.8 cm³/mol. The highest BCUT2D eigenvalue weighted by Crippen LogP contribution is 2.25. The first kappa shape index (κ1) is 15.7. The lowest BCUT2D eigenvalue weighted by atomic mass is 9.91. The summed E-state index contributed by atoms with van der Waals surface area (Å²) in [5, 5.41) is 3.21. The van der Waals surface area contributed by atoms with Crippen molar-refractivity contribution in [3.8, 4) is 0 Å². The summed E-state index contributed by atoms with van der Waals surface area (Å²) in [7, 11) is 4.23. The first-order valence-corrected chi connectivity index (χ1v) is 7.74. The Bertz CT molecular complexity index is 456. The van der Waals surface area contributed by atoms with Crippen LogP contribution in [0, 0.1) is 0 Å². The van der Waals surface area contributed by atoms with Crippen LogP contribution in [-0.2, 0) is 0 Å². The van der Waals surface area contributed by atoms with Crippen molar-refractivity contribution in [1.82, 2.24) is 10.2 Å². The molecule has 1 N–H and O–H groups in total. The minimum Gasteiger partial charge on any atom is -0.320 e. The Morgan fingerprint density at radius 2 is 1.43 bits per heavy atom. The highest BCUT2D eigenvalue weighted by Gasteiger charge is 2.15. The lowest BCUT2D eigenvalue weighted by Crippen LogP contribution is -2.28. The van der Waals surface area contributed by atoms with Gasteiger partial charge in [-0.3, -0.25) is 0 Å². The lowest BCUT2D eigenvalue weighted by Gasteiger charge is -2.25. The molecule has 0 bridgehead atoms. The quantitative estimate of drug-likeness (QED) is 0.747. The van der Waals surface area contributed by atoms with E-state index in [1.165, 1.54) is 17.5 Å². The molecule has 0 fully saturated rings.